The molecular formula is C20H22N2O6. The lowest BCUT2D eigenvalue weighted by molar-refractivity contribution is -0.384. The van der Waals surface area contributed by atoms with Crippen molar-refractivity contribution in [2.75, 3.05) is 19.0 Å². The summed E-state index contributed by atoms with van der Waals surface area (Å²) in [6.45, 7) is 3.45. The highest BCUT2D eigenvalue weighted by Crippen LogP contribution is 2.25. The number of nitrogens with one attached hydrogen (secondary N) is 1. The first-order chi connectivity index (χ1) is 13.4. The number of carbonyl (C=O) groups excluding carboxylic acids is 2. The van der Waals surface area contributed by atoms with Crippen LogP contribution in [0.4, 0.5) is 11.4 Å². The first-order valence-electron chi connectivity index (χ1n) is 8.81. The lowest BCUT2D eigenvalue weighted by Gasteiger charge is -2.14. The van der Waals surface area contributed by atoms with Crippen LogP contribution in [-0.4, -0.2) is 30.5 Å². The molecule has 0 aromatic heterocycles. The van der Waals surface area contributed by atoms with Gasteiger partial charge in [0.2, 0.25) is 0 Å². The number of ether oxygens (including phenoxy) is 2. The Kier molecular flexibility index (Phi) is 7.08. The molecule has 148 valence electrons. The number of amides is 1. The van der Waals surface area contributed by atoms with Crippen LogP contribution < -0.4 is 10.1 Å². The number of para-hydroxylation sites is 1. The molecule has 0 atom stereocenters. The minimum Gasteiger partial charge on any atom is -0.496 e. The van der Waals surface area contributed by atoms with Crippen molar-refractivity contribution in [2.45, 2.75) is 26.7 Å². The number of non-ortho nitro benzene ring substituents is 1. The molecule has 0 aliphatic carbocycles. The van der Waals surface area contributed by atoms with Crippen LogP contribution in [0, 0.1) is 10.1 Å². The van der Waals surface area contributed by atoms with E-state index in [1.165, 1.54) is 19.2 Å². The van der Waals surface area contributed by atoms with Crippen LogP contribution in [-0.2, 0) is 22.4 Å². The van der Waals surface area contributed by atoms with Gasteiger partial charge in [0.25, 0.3) is 11.6 Å². The topological polar surface area (TPSA) is 108 Å². The third-order valence-electron chi connectivity index (χ3n) is 4.21. The van der Waals surface area contributed by atoms with Gasteiger partial charge in [0.05, 0.1) is 12.0 Å². The first kappa shape index (κ1) is 20.9. The van der Waals surface area contributed by atoms with E-state index >= 15 is 0 Å². The quantitative estimate of drug-likeness (QED) is 0.422. The van der Waals surface area contributed by atoms with Crippen molar-refractivity contribution in [3.05, 3.63) is 63.2 Å². The van der Waals surface area contributed by atoms with Crippen molar-refractivity contribution < 1.29 is 24.0 Å². The van der Waals surface area contributed by atoms with Crippen molar-refractivity contribution >= 4 is 23.3 Å². The van der Waals surface area contributed by atoms with Gasteiger partial charge in [-0.15, -0.1) is 0 Å². The van der Waals surface area contributed by atoms with Gasteiger partial charge in [0, 0.05) is 17.8 Å². The van der Waals surface area contributed by atoms with Gasteiger partial charge in [-0.3, -0.25) is 14.9 Å². The number of nitrogens with zero attached hydrogens (tertiary/aromatic N) is 1. The van der Waals surface area contributed by atoms with Crippen LogP contribution in [0.2, 0.25) is 0 Å². The second-order valence-corrected chi connectivity index (χ2v) is 5.92. The molecule has 0 saturated carbocycles. The van der Waals surface area contributed by atoms with Crippen LogP contribution in [0.25, 0.3) is 0 Å². The number of benzene rings is 2. The van der Waals surface area contributed by atoms with Crippen molar-refractivity contribution in [1.29, 1.82) is 0 Å². The molecule has 1 N–H and O–H groups in total. The summed E-state index contributed by atoms with van der Waals surface area (Å²) in [4.78, 5) is 34.9. The largest absolute Gasteiger partial charge is 0.496 e. The Morgan fingerprint density at radius 1 is 1.11 bits per heavy atom. The molecule has 2 rings (SSSR count). The summed E-state index contributed by atoms with van der Waals surface area (Å²) in [5.41, 5.74) is 2.30. The van der Waals surface area contributed by atoms with E-state index in [-0.39, 0.29) is 17.0 Å². The maximum Gasteiger partial charge on any atom is 0.342 e. The molecule has 0 radical (unpaired) electrons. The smallest absolute Gasteiger partial charge is 0.342 e. The van der Waals surface area contributed by atoms with E-state index in [2.05, 4.69) is 5.32 Å². The van der Waals surface area contributed by atoms with Crippen LogP contribution in [0.5, 0.6) is 5.75 Å². The normalized spacial score (nSPS) is 10.2. The highest BCUT2D eigenvalue weighted by atomic mass is 16.6. The molecule has 8 nitrogen and oxygen atoms in total. The van der Waals surface area contributed by atoms with Crippen LogP contribution in [0.15, 0.2) is 36.4 Å². The van der Waals surface area contributed by atoms with E-state index in [1.807, 2.05) is 32.0 Å². The molecule has 0 fully saturated rings. The number of rotatable bonds is 8. The van der Waals surface area contributed by atoms with Gasteiger partial charge in [-0.25, -0.2) is 4.79 Å². The number of anilines is 1. The summed E-state index contributed by atoms with van der Waals surface area (Å²) in [6.07, 6.45) is 1.49. The highest BCUT2D eigenvalue weighted by molar-refractivity contribution is 5.97. The molecule has 0 heterocycles. The SMILES string of the molecule is CCc1cccc(CC)c1NC(=O)COC(=O)c1cc([N+](=O)[O-])ccc1OC. The van der Waals surface area contributed by atoms with Gasteiger partial charge in [-0.05, 0) is 30.0 Å². The molecule has 0 spiro atoms. The maximum atomic E-state index is 12.3. The molecule has 0 bridgehead atoms. The fourth-order valence-corrected chi connectivity index (χ4v) is 2.76. The molecule has 28 heavy (non-hydrogen) atoms. The molecule has 0 saturated heterocycles. The molecule has 2 aromatic rings. The fraction of sp³-hybridized carbons (Fsp3) is 0.300. The molecule has 1 amide bonds. The summed E-state index contributed by atoms with van der Waals surface area (Å²) in [6, 6.07) is 9.36. The highest BCUT2D eigenvalue weighted by Gasteiger charge is 2.20. The molecule has 0 unspecified atom stereocenters. The zero-order valence-corrected chi connectivity index (χ0v) is 16.0. The zero-order chi connectivity index (χ0) is 20.7. The lowest BCUT2D eigenvalue weighted by atomic mass is 10.0. The van der Waals surface area contributed by atoms with E-state index in [0.29, 0.717) is 0 Å². The average Bonchev–Trinajstić information content (AvgIpc) is 2.71. The summed E-state index contributed by atoms with van der Waals surface area (Å²) in [7, 11) is 1.33. The maximum absolute atomic E-state index is 12.3. The number of esters is 1. The van der Waals surface area contributed by atoms with Crippen LogP contribution in [0.1, 0.15) is 35.3 Å². The van der Waals surface area contributed by atoms with Gasteiger partial charge in [-0.1, -0.05) is 32.0 Å². The summed E-state index contributed by atoms with van der Waals surface area (Å²) in [5.74, 6) is -1.25. The Bertz CT molecular complexity index is 872. The van der Waals surface area contributed by atoms with Crippen molar-refractivity contribution in [3.63, 3.8) is 0 Å². The van der Waals surface area contributed by atoms with E-state index in [4.69, 9.17) is 9.47 Å². The molecule has 8 heteroatoms. The predicted molar refractivity (Wildman–Crippen MR) is 104 cm³/mol. The van der Waals surface area contributed by atoms with Crippen molar-refractivity contribution in [3.8, 4) is 5.75 Å². The van der Waals surface area contributed by atoms with Gasteiger partial charge < -0.3 is 14.8 Å². The molecule has 2 aromatic carbocycles. The monoisotopic (exact) mass is 386 g/mol. The van der Waals surface area contributed by atoms with Crippen LogP contribution >= 0.6 is 0 Å². The van der Waals surface area contributed by atoms with Crippen LogP contribution in [0.3, 0.4) is 0 Å². The van der Waals surface area contributed by atoms with Gasteiger partial charge in [-0.2, -0.15) is 0 Å². The standard InChI is InChI=1S/C20H22N2O6/c1-4-13-7-6-8-14(5-2)19(13)21-18(23)12-28-20(24)16-11-15(22(25)26)9-10-17(16)27-3/h6-11H,4-5,12H2,1-3H3,(H,21,23). The molecule has 0 aliphatic rings. The van der Waals surface area contributed by atoms with Gasteiger partial charge >= 0.3 is 5.97 Å². The second-order valence-electron chi connectivity index (χ2n) is 5.92. The number of aryl methyl sites for hydroxylation is 2. The molecule has 0 aliphatic heterocycles. The Hall–Kier alpha value is -3.42. The summed E-state index contributed by atoms with van der Waals surface area (Å²) < 4.78 is 10.1. The summed E-state index contributed by atoms with van der Waals surface area (Å²) in [5, 5.41) is 13.7. The third kappa shape index (κ3) is 4.85. The minimum absolute atomic E-state index is 0.118. The fourth-order valence-electron chi connectivity index (χ4n) is 2.76. The van der Waals surface area contributed by atoms with Gasteiger partial charge in [0.15, 0.2) is 6.61 Å². The third-order valence-corrected chi connectivity index (χ3v) is 4.21. The predicted octanol–water partition coefficient (Wildman–Crippen LogP) is 3.52. The number of hydrogen-bond donors (Lipinski definition) is 1. The number of nitro groups is 1. The minimum atomic E-state index is -0.879. The van der Waals surface area contributed by atoms with E-state index < -0.39 is 23.4 Å². The second kappa shape index (κ2) is 9.50. The molecular weight excluding hydrogens is 364 g/mol. The van der Waals surface area contributed by atoms with Gasteiger partial charge in [0.1, 0.15) is 11.3 Å². The zero-order valence-electron chi connectivity index (χ0n) is 16.0. The van der Waals surface area contributed by atoms with E-state index in [9.17, 15) is 19.7 Å². The number of carbonyl (C=O) groups is 2. The number of hydrogen-bond acceptors (Lipinski definition) is 6. The van der Waals surface area contributed by atoms with Crippen molar-refractivity contribution in [1.82, 2.24) is 0 Å². The van der Waals surface area contributed by atoms with E-state index in [1.54, 1.807) is 0 Å². The first-order valence-corrected chi connectivity index (χ1v) is 8.81. The Labute approximate surface area is 162 Å². The Morgan fingerprint density at radius 3 is 2.29 bits per heavy atom. The Morgan fingerprint density at radius 2 is 1.75 bits per heavy atom. The Balaban J connectivity index is 2.11. The lowest BCUT2D eigenvalue weighted by Crippen LogP contribution is -2.22. The van der Waals surface area contributed by atoms with Crippen molar-refractivity contribution in [2.24, 2.45) is 0 Å². The summed E-state index contributed by atoms with van der Waals surface area (Å²) >= 11 is 0. The van der Waals surface area contributed by atoms with E-state index in [0.717, 1.165) is 35.7 Å². The number of methoxy groups -OCH3 is 1. The number of nitro benzene ring substituents is 1. The average molecular weight is 386 g/mol.